The van der Waals surface area contributed by atoms with Gasteiger partial charge in [0.1, 0.15) is 61.5 Å². The topological polar surface area (TPSA) is 264 Å². The van der Waals surface area contributed by atoms with Gasteiger partial charge in [0.05, 0.1) is 37.1 Å². The molecule has 4 heterocycles. The lowest BCUT2D eigenvalue weighted by Crippen LogP contribution is -2.64. The molecule has 23 atom stereocenters. The van der Waals surface area contributed by atoms with Crippen LogP contribution in [0.3, 0.4) is 0 Å². The van der Waals surface area contributed by atoms with E-state index in [2.05, 4.69) is 20.8 Å². The van der Waals surface area contributed by atoms with Crippen LogP contribution in [0.25, 0.3) is 0 Å². The summed E-state index contributed by atoms with van der Waals surface area (Å²) in [6.07, 6.45) is -10.5. The van der Waals surface area contributed by atoms with Gasteiger partial charge in [-0.3, -0.25) is 0 Å². The third-order valence-corrected chi connectivity index (χ3v) is 16.7. The Bertz CT molecular complexity index is 1540. The number of aliphatic hydroxyl groups excluding tert-OH is 8. The zero-order chi connectivity index (χ0) is 42.3. The van der Waals surface area contributed by atoms with Crippen LogP contribution in [0.1, 0.15) is 85.5 Å². The summed E-state index contributed by atoms with van der Waals surface area (Å²) in [7, 11) is 0. The lowest BCUT2D eigenvalue weighted by molar-refractivity contribution is -0.354. The van der Waals surface area contributed by atoms with E-state index >= 15 is 0 Å². The molecule has 0 aromatic rings. The van der Waals surface area contributed by atoms with Gasteiger partial charge in [-0.25, -0.2) is 4.79 Å². The molecule has 3 saturated heterocycles. The second-order valence-corrected chi connectivity index (χ2v) is 19.5. The number of carbonyl (C=O) groups is 1. The minimum Gasteiger partial charge on any atom is -0.458 e. The van der Waals surface area contributed by atoms with Crippen LogP contribution in [-0.2, 0) is 38.0 Å². The predicted octanol–water partition coefficient (Wildman–Crippen LogP) is -0.620. The number of ether oxygens (including phenoxy) is 7. The smallest absolute Gasteiger partial charge is 0.331 e. The number of cyclic esters (lactones) is 1. The molecule has 0 amide bonds. The normalized spacial score (nSPS) is 55.1. The molecule has 7 fully saturated rings. The molecule has 4 saturated carbocycles. The van der Waals surface area contributed by atoms with Crippen LogP contribution in [0.15, 0.2) is 11.6 Å². The Kier molecular flexibility index (Phi) is 12.5. The summed E-state index contributed by atoms with van der Waals surface area (Å²) in [4.78, 5) is 12.0. The Labute approximate surface area is 344 Å². The molecular weight excluding hydrogens is 776 g/mol. The van der Waals surface area contributed by atoms with E-state index in [0.29, 0.717) is 24.4 Å². The number of aliphatic hydroxyl groups is 9. The van der Waals surface area contributed by atoms with E-state index in [1.807, 2.05) is 0 Å². The van der Waals surface area contributed by atoms with E-state index in [1.165, 1.54) is 0 Å². The maximum Gasteiger partial charge on any atom is 0.331 e. The average Bonchev–Trinajstić information content (AvgIpc) is 3.75. The minimum absolute atomic E-state index is 0.0134. The second-order valence-electron chi connectivity index (χ2n) is 19.5. The van der Waals surface area contributed by atoms with E-state index < -0.39 is 105 Å². The zero-order valence-corrected chi connectivity index (χ0v) is 34.4. The molecule has 9 N–H and O–H groups in total. The molecule has 4 aliphatic carbocycles. The fourth-order valence-corrected chi connectivity index (χ4v) is 13.2. The first-order chi connectivity index (χ1) is 27.9. The molecule has 59 heavy (non-hydrogen) atoms. The standard InChI is InChI=1S/C42H66O17/c1-18-11-22(13-21-5-6-25-24(41(18,21)4)7-9-40(3)23(8-10-42(25,40)52)20-12-29(45)53-16-20)56-30-14-26(44)37(19(2)55-30)59-39-36(51)34(49)32(47)28(58-39)17-54-38-35(50)33(48)31(46)27(15-43)57-38/h12,18-19,21-28,30-39,43-44,46-52H,5-11,13-17H2,1-4H3/t18-,19-,21-,22+,23-,24+,25-,26+,27-,28-,30+,31-,32-,33+,34+,35-,36-,37-,38-,39+,40-,41+,42+/m1/s1. The number of hydrogen-bond acceptors (Lipinski definition) is 17. The average molecular weight is 843 g/mol. The van der Waals surface area contributed by atoms with E-state index in [-0.39, 0.29) is 41.2 Å². The number of rotatable bonds is 9. The molecule has 8 aliphatic rings. The van der Waals surface area contributed by atoms with Crippen molar-refractivity contribution >= 4 is 5.97 Å². The lowest BCUT2D eigenvalue weighted by Gasteiger charge is -2.65. The summed E-state index contributed by atoms with van der Waals surface area (Å²) in [6.45, 7) is 7.82. The molecule has 336 valence electrons. The van der Waals surface area contributed by atoms with Crippen LogP contribution in [0.4, 0.5) is 0 Å². The molecule has 0 unspecified atom stereocenters. The predicted molar refractivity (Wildman–Crippen MR) is 201 cm³/mol. The van der Waals surface area contributed by atoms with E-state index in [4.69, 9.17) is 33.2 Å². The molecule has 0 spiro atoms. The fraction of sp³-hybridized carbons (Fsp3) is 0.929. The molecule has 0 aromatic heterocycles. The van der Waals surface area contributed by atoms with Crippen LogP contribution in [-0.4, -0.2) is 169 Å². The molecule has 4 aliphatic heterocycles. The van der Waals surface area contributed by atoms with Crippen molar-refractivity contribution in [3.8, 4) is 0 Å². The van der Waals surface area contributed by atoms with Crippen LogP contribution in [0.5, 0.6) is 0 Å². The SMILES string of the molecule is C[C@@H]1C[C@H](O[C@H]2C[C@H](O)[C@H](O[C@@H]3O[C@H](CO[C@@H]4O[C@H](CO)[C@@H](O)[C@H](O)[C@H]4O)[C@@H](O)[C@H](O)[C@H]3O)[C@@H](C)O2)C[C@H]2CC[C@@H]3[C@H](CC[C@]4(C)[C@@H](C5=CC(=O)OC5)CC[C@]34O)[C@]21C. The summed E-state index contributed by atoms with van der Waals surface area (Å²) >= 11 is 0. The first-order valence-electron chi connectivity index (χ1n) is 21.8. The van der Waals surface area contributed by atoms with Gasteiger partial charge in [0.25, 0.3) is 0 Å². The second kappa shape index (κ2) is 16.6. The van der Waals surface area contributed by atoms with E-state index in [0.717, 1.165) is 56.9 Å². The van der Waals surface area contributed by atoms with Crippen LogP contribution >= 0.6 is 0 Å². The molecule has 0 radical (unpaired) electrons. The Morgan fingerprint density at radius 3 is 2.14 bits per heavy atom. The van der Waals surface area contributed by atoms with Crippen molar-refractivity contribution in [2.75, 3.05) is 19.8 Å². The molecular formula is C42H66O17. The quantitative estimate of drug-likeness (QED) is 0.103. The highest BCUT2D eigenvalue weighted by Gasteiger charge is 2.68. The van der Waals surface area contributed by atoms with Gasteiger partial charge in [-0.15, -0.1) is 0 Å². The van der Waals surface area contributed by atoms with Gasteiger partial charge < -0.3 is 79.1 Å². The van der Waals surface area contributed by atoms with Crippen LogP contribution in [0.2, 0.25) is 0 Å². The number of carbonyl (C=O) groups excluding carboxylic acids is 1. The van der Waals surface area contributed by atoms with Crippen molar-refractivity contribution in [3.63, 3.8) is 0 Å². The van der Waals surface area contributed by atoms with Crippen molar-refractivity contribution in [1.82, 2.24) is 0 Å². The first kappa shape index (κ1) is 44.2. The highest BCUT2D eigenvalue weighted by Crippen LogP contribution is 2.70. The Balaban J connectivity index is 0.859. The molecule has 17 heteroatoms. The molecule has 0 bridgehead atoms. The number of fused-ring (bicyclic) bond motifs is 5. The van der Waals surface area contributed by atoms with Crippen molar-refractivity contribution in [2.45, 2.75) is 183 Å². The Hall–Kier alpha value is -1.39. The van der Waals surface area contributed by atoms with Crippen molar-refractivity contribution < 1.29 is 83.9 Å². The van der Waals surface area contributed by atoms with E-state index in [9.17, 15) is 50.8 Å². The van der Waals surface area contributed by atoms with Gasteiger partial charge in [0, 0.05) is 17.9 Å². The summed E-state index contributed by atoms with van der Waals surface area (Å²) < 4.78 is 40.8. The third kappa shape index (κ3) is 7.44. The summed E-state index contributed by atoms with van der Waals surface area (Å²) in [5.41, 5.74) is -0.0490. The molecule has 8 rings (SSSR count). The molecule has 0 aromatic carbocycles. The Morgan fingerprint density at radius 1 is 0.763 bits per heavy atom. The maximum atomic E-state index is 12.6. The largest absolute Gasteiger partial charge is 0.458 e. The van der Waals surface area contributed by atoms with Gasteiger partial charge in [0.15, 0.2) is 18.9 Å². The maximum absolute atomic E-state index is 12.6. The van der Waals surface area contributed by atoms with E-state index in [1.54, 1.807) is 13.0 Å². The fourth-order valence-electron chi connectivity index (χ4n) is 13.2. The van der Waals surface area contributed by atoms with Crippen molar-refractivity contribution in [3.05, 3.63) is 11.6 Å². The minimum atomic E-state index is -1.74. The summed E-state index contributed by atoms with van der Waals surface area (Å²) in [5.74, 6) is 1.11. The monoisotopic (exact) mass is 842 g/mol. The Morgan fingerprint density at radius 2 is 1.46 bits per heavy atom. The zero-order valence-electron chi connectivity index (χ0n) is 34.4. The third-order valence-electron chi connectivity index (χ3n) is 16.7. The van der Waals surface area contributed by atoms with Gasteiger partial charge >= 0.3 is 5.97 Å². The number of esters is 1. The summed E-state index contributed by atoms with van der Waals surface area (Å²) in [5, 5.41) is 96.1. The van der Waals surface area contributed by atoms with Gasteiger partial charge in [0.2, 0.25) is 0 Å². The first-order valence-corrected chi connectivity index (χ1v) is 21.8. The molecule has 17 nitrogen and oxygen atoms in total. The highest BCUT2D eigenvalue weighted by atomic mass is 16.7. The van der Waals surface area contributed by atoms with Crippen molar-refractivity contribution in [1.29, 1.82) is 0 Å². The summed E-state index contributed by atoms with van der Waals surface area (Å²) in [6, 6.07) is 0. The van der Waals surface area contributed by atoms with Crippen molar-refractivity contribution in [2.24, 2.45) is 40.4 Å². The van der Waals surface area contributed by atoms with Gasteiger partial charge in [-0.1, -0.05) is 20.8 Å². The highest BCUT2D eigenvalue weighted by molar-refractivity contribution is 5.85. The van der Waals surface area contributed by atoms with Gasteiger partial charge in [-0.2, -0.15) is 0 Å². The number of hydrogen-bond donors (Lipinski definition) is 9. The van der Waals surface area contributed by atoms with Crippen LogP contribution < -0.4 is 0 Å². The van der Waals surface area contributed by atoms with Gasteiger partial charge in [-0.05, 0) is 98.9 Å². The van der Waals surface area contributed by atoms with Crippen LogP contribution in [0, 0.1) is 40.4 Å². The lowest BCUT2D eigenvalue weighted by atomic mass is 9.41.